The van der Waals surface area contributed by atoms with Crippen molar-refractivity contribution in [3.8, 4) is 11.3 Å². The summed E-state index contributed by atoms with van der Waals surface area (Å²) in [5, 5.41) is 9.30. The highest BCUT2D eigenvalue weighted by Gasteiger charge is 2.21. The van der Waals surface area contributed by atoms with Crippen molar-refractivity contribution in [1.82, 2.24) is 4.90 Å². The Hall–Kier alpha value is -2.70. The minimum atomic E-state index is -0.419. The SMILES string of the molecule is O=c1cc(-c2ccccc2)oc2cc(N3CCN(CCO)CC3)c(F)cc12. The van der Waals surface area contributed by atoms with Crippen LogP contribution in [0.5, 0.6) is 0 Å². The normalized spacial score (nSPS) is 15.4. The largest absolute Gasteiger partial charge is 0.456 e. The number of aliphatic hydroxyl groups is 1. The number of hydrogen-bond acceptors (Lipinski definition) is 5. The van der Waals surface area contributed by atoms with E-state index in [1.165, 1.54) is 12.1 Å². The monoisotopic (exact) mass is 368 g/mol. The lowest BCUT2D eigenvalue weighted by atomic mass is 10.1. The molecule has 0 spiro atoms. The summed E-state index contributed by atoms with van der Waals surface area (Å²) >= 11 is 0. The number of benzene rings is 2. The lowest BCUT2D eigenvalue weighted by Crippen LogP contribution is -2.47. The first-order valence-electron chi connectivity index (χ1n) is 9.07. The van der Waals surface area contributed by atoms with Gasteiger partial charge in [-0.25, -0.2) is 4.39 Å². The van der Waals surface area contributed by atoms with Gasteiger partial charge < -0.3 is 14.4 Å². The zero-order valence-corrected chi connectivity index (χ0v) is 14.9. The molecule has 4 rings (SSSR count). The number of piperazine rings is 1. The van der Waals surface area contributed by atoms with E-state index in [1.54, 1.807) is 6.07 Å². The highest BCUT2D eigenvalue weighted by molar-refractivity contribution is 5.82. The van der Waals surface area contributed by atoms with Crippen LogP contribution in [0.1, 0.15) is 0 Å². The fourth-order valence-corrected chi connectivity index (χ4v) is 3.51. The van der Waals surface area contributed by atoms with Gasteiger partial charge in [0.1, 0.15) is 17.2 Å². The molecule has 6 heteroatoms. The third kappa shape index (κ3) is 3.59. The Balaban J connectivity index is 1.71. The maximum atomic E-state index is 14.7. The predicted octanol–water partition coefficient (Wildman–Crippen LogP) is 2.71. The Kier molecular flexibility index (Phi) is 4.92. The number of aliphatic hydroxyl groups excluding tert-OH is 1. The molecule has 1 aliphatic rings. The molecule has 0 atom stereocenters. The van der Waals surface area contributed by atoms with E-state index in [4.69, 9.17) is 9.52 Å². The van der Waals surface area contributed by atoms with Crippen LogP contribution >= 0.6 is 0 Å². The Morgan fingerprint density at radius 3 is 2.48 bits per heavy atom. The molecule has 5 nitrogen and oxygen atoms in total. The standard InChI is InChI=1S/C21H21FN2O3/c22-17-12-16-19(26)14-20(15-4-2-1-3-5-15)27-21(16)13-18(17)24-8-6-23(7-9-24)10-11-25/h1-5,12-14,25H,6-11H2. The number of β-amino-alcohol motifs (C(OH)–C–C–N with tert-alkyl or cyclic N) is 1. The molecular formula is C21H21FN2O3. The molecule has 1 saturated heterocycles. The lowest BCUT2D eigenvalue weighted by molar-refractivity contribution is 0.188. The molecule has 3 aromatic rings. The Bertz CT molecular complexity index is 995. The third-order valence-corrected chi connectivity index (χ3v) is 4.98. The van der Waals surface area contributed by atoms with Crippen LogP contribution < -0.4 is 10.3 Å². The lowest BCUT2D eigenvalue weighted by Gasteiger charge is -2.35. The van der Waals surface area contributed by atoms with Gasteiger partial charge in [-0.2, -0.15) is 0 Å². The number of anilines is 1. The van der Waals surface area contributed by atoms with Crippen molar-refractivity contribution in [3.63, 3.8) is 0 Å². The van der Waals surface area contributed by atoms with Crippen molar-refractivity contribution >= 4 is 16.7 Å². The summed E-state index contributed by atoms with van der Waals surface area (Å²) in [4.78, 5) is 16.6. The van der Waals surface area contributed by atoms with Crippen molar-refractivity contribution in [1.29, 1.82) is 0 Å². The number of fused-ring (bicyclic) bond motifs is 1. The number of halogens is 1. The summed E-state index contributed by atoms with van der Waals surface area (Å²) in [7, 11) is 0. The first-order valence-corrected chi connectivity index (χ1v) is 9.07. The van der Waals surface area contributed by atoms with Crippen LogP contribution in [0.25, 0.3) is 22.3 Å². The van der Waals surface area contributed by atoms with Crippen molar-refractivity contribution in [3.05, 3.63) is 64.6 Å². The minimum absolute atomic E-state index is 0.123. The fraction of sp³-hybridized carbons (Fsp3) is 0.286. The first kappa shape index (κ1) is 17.7. The van der Waals surface area contributed by atoms with Gasteiger partial charge in [-0.15, -0.1) is 0 Å². The van der Waals surface area contributed by atoms with Crippen molar-refractivity contribution in [2.45, 2.75) is 0 Å². The van der Waals surface area contributed by atoms with E-state index in [2.05, 4.69) is 4.90 Å². The molecule has 27 heavy (non-hydrogen) atoms. The summed E-state index contributed by atoms with van der Waals surface area (Å²) in [6.45, 7) is 3.58. The molecule has 1 N–H and O–H groups in total. The predicted molar refractivity (Wildman–Crippen MR) is 104 cm³/mol. The van der Waals surface area contributed by atoms with E-state index >= 15 is 0 Å². The van der Waals surface area contributed by atoms with E-state index in [0.717, 1.165) is 18.7 Å². The zero-order chi connectivity index (χ0) is 18.8. The van der Waals surface area contributed by atoms with E-state index in [1.807, 2.05) is 35.2 Å². The summed E-state index contributed by atoms with van der Waals surface area (Å²) in [6, 6.07) is 13.7. The molecule has 0 radical (unpaired) electrons. The van der Waals surface area contributed by atoms with Gasteiger partial charge in [0, 0.05) is 50.4 Å². The van der Waals surface area contributed by atoms with Crippen LogP contribution in [-0.2, 0) is 0 Å². The van der Waals surface area contributed by atoms with E-state index < -0.39 is 5.82 Å². The Morgan fingerprint density at radius 2 is 1.78 bits per heavy atom. The molecule has 0 bridgehead atoms. The van der Waals surface area contributed by atoms with Gasteiger partial charge in [0.15, 0.2) is 5.43 Å². The second kappa shape index (κ2) is 7.50. The summed E-state index contributed by atoms with van der Waals surface area (Å²) in [5.41, 5.74) is 1.38. The van der Waals surface area contributed by atoms with Crippen molar-refractivity contribution in [2.24, 2.45) is 0 Å². The molecule has 1 fully saturated rings. The van der Waals surface area contributed by atoms with Crippen LogP contribution in [0.15, 0.2) is 57.7 Å². The van der Waals surface area contributed by atoms with Crippen LogP contribution in [-0.4, -0.2) is 49.3 Å². The third-order valence-electron chi connectivity index (χ3n) is 4.98. The highest BCUT2D eigenvalue weighted by Crippen LogP contribution is 2.28. The molecule has 1 aromatic heterocycles. The molecule has 1 aliphatic heterocycles. The Morgan fingerprint density at radius 1 is 1.04 bits per heavy atom. The summed E-state index contributed by atoms with van der Waals surface area (Å²) in [5.74, 6) is 0.0521. The van der Waals surface area contributed by atoms with Crippen LogP contribution in [0, 0.1) is 5.82 Å². The molecular weight excluding hydrogens is 347 g/mol. The first-order chi connectivity index (χ1) is 13.2. The van der Waals surface area contributed by atoms with Crippen LogP contribution in [0.2, 0.25) is 0 Å². The molecule has 0 aliphatic carbocycles. The van der Waals surface area contributed by atoms with Crippen molar-refractivity contribution in [2.75, 3.05) is 44.2 Å². The smallest absolute Gasteiger partial charge is 0.193 e. The molecule has 0 amide bonds. The van der Waals surface area contributed by atoms with Gasteiger partial charge in [-0.1, -0.05) is 30.3 Å². The minimum Gasteiger partial charge on any atom is -0.456 e. The number of rotatable bonds is 4. The van der Waals surface area contributed by atoms with Gasteiger partial charge in [0.25, 0.3) is 0 Å². The summed E-state index contributed by atoms with van der Waals surface area (Å²) in [6.07, 6.45) is 0. The fourth-order valence-electron chi connectivity index (χ4n) is 3.51. The Labute approximate surface area is 156 Å². The van der Waals surface area contributed by atoms with Crippen LogP contribution in [0.3, 0.4) is 0 Å². The molecule has 2 aromatic carbocycles. The van der Waals surface area contributed by atoms with E-state index in [9.17, 15) is 9.18 Å². The highest BCUT2D eigenvalue weighted by atomic mass is 19.1. The second-order valence-electron chi connectivity index (χ2n) is 6.69. The van der Waals surface area contributed by atoms with Gasteiger partial charge in [-0.05, 0) is 6.07 Å². The molecule has 2 heterocycles. The topological polar surface area (TPSA) is 56.9 Å². The average molecular weight is 368 g/mol. The van der Waals surface area contributed by atoms with Gasteiger partial charge in [0.05, 0.1) is 17.7 Å². The van der Waals surface area contributed by atoms with Gasteiger partial charge >= 0.3 is 0 Å². The number of hydrogen-bond donors (Lipinski definition) is 1. The van der Waals surface area contributed by atoms with Gasteiger partial charge in [0.2, 0.25) is 0 Å². The quantitative estimate of drug-likeness (QED) is 0.767. The molecule has 0 unspecified atom stereocenters. The van der Waals surface area contributed by atoms with Gasteiger partial charge in [-0.3, -0.25) is 9.69 Å². The second-order valence-corrected chi connectivity index (χ2v) is 6.69. The molecule has 0 saturated carbocycles. The average Bonchev–Trinajstić information content (AvgIpc) is 2.70. The van der Waals surface area contributed by atoms with Crippen LogP contribution in [0.4, 0.5) is 10.1 Å². The maximum absolute atomic E-state index is 14.7. The number of nitrogens with zero attached hydrogens (tertiary/aromatic N) is 2. The molecule has 140 valence electrons. The van der Waals surface area contributed by atoms with E-state index in [0.29, 0.717) is 36.7 Å². The summed E-state index contributed by atoms with van der Waals surface area (Å²) < 4.78 is 20.6. The maximum Gasteiger partial charge on any atom is 0.193 e. The van der Waals surface area contributed by atoms with E-state index in [-0.39, 0.29) is 17.4 Å². The van der Waals surface area contributed by atoms with Crippen molar-refractivity contribution < 1.29 is 13.9 Å². The zero-order valence-electron chi connectivity index (χ0n) is 14.9.